The fourth-order valence-corrected chi connectivity index (χ4v) is 2.71. The second kappa shape index (κ2) is 6.02. The highest BCUT2D eigenvalue weighted by Gasteiger charge is 2.18. The van der Waals surface area contributed by atoms with E-state index in [0.717, 1.165) is 11.6 Å². The molecule has 2 heterocycles. The van der Waals surface area contributed by atoms with Gasteiger partial charge in [-0.15, -0.1) is 0 Å². The number of hydrogen-bond donors (Lipinski definition) is 0. The SMILES string of the molecule is CC(C)c1ccccc1-n1c(=O)nc(C#N)c2cc(F)c(Cl)nc21. The summed E-state index contributed by atoms with van der Waals surface area (Å²) in [6, 6.07) is 10.2. The van der Waals surface area contributed by atoms with Gasteiger partial charge in [0, 0.05) is 0 Å². The van der Waals surface area contributed by atoms with Crippen LogP contribution in [0.3, 0.4) is 0 Å². The quantitative estimate of drug-likeness (QED) is 0.667. The van der Waals surface area contributed by atoms with Gasteiger partial charge < -0.3 is 0 Å². The molecule has 0 amide bonds. The number of rotatable bonds is 2. The minimum Gasteiger partial charge on any atom is -0.245 e. The summed E-state index contributed by atoms with van der Waals surface area (Å²) < 4.78 is 15.0. The molecule has 0 saturated heterocycles. The highest BCUT2D eigenvalue weighted by Crippen LogP contribution is 2.26. The Morgan fingerprint density at radius 1 is 1.29 bits per heavy atom. The van der Waals surface area contributed by atoms with Gasteiger partial charge in [0.1, 0.15) is 6.07 Å². The molecule has 0 saturated carbocycles. The van der Waals surface area contributed by atoms with Gasteiger partial charge in [0.2, 0.25) is 0 Å². The van der Waals surface area contributed by atoms with Gasteiger partial charge in [0.05, 0.1) is 11.1 Å². The predicted molar refractivity (Wildman–Crippen MR) is 88.9 cm³/mol. The van der Waals surface area contributed by atoms with Crippen molar-refractivity contribution < 1.29 is 4.39 Å². The van der Waals surface area contributed by atoms with E-state index in [9.17, 15) is 14.4 Å². The van der Waals surface area contributed by atoms with E-state index in [-0.39, 0.29) is 27.8 Å². The van der Waals surface area contributed by atoms with Gasteiger partial charge in [0.25, 0.3) is 0 Å². The van der Waals surface area contributed by atoms with Gasteiger partial charge in [-0.05, 0) is 23.6 Å². The number of para-hydroxylation sites is 1. The normalized spacial score (nSPS) is 11.0. The zero-order valence-corrected chi connectivity index (χ0v) is 13.7. The van der Waals surface area contributed by atoms with E-state index in [4.69, 9.17) is 11.6 Å². The second-order valence-electron chi connectivity index (χ2n) is 5.54. The van der Waals surface area contributed by atoms with Gasteiger partial charge in [-0.25, -0.2) is 18.7 Å². The highest BCUT2D eigenvalue weighted by molar-refractivity contribution is 6.29. The van der Waals surface area contributed by atoms with E-state index in [0.29, 0.717) is 5.69 Å². The Morgan fingerprint density at radius 2 is 2.00 bits per heavy atom. The molecule has 2 aromatic heterocycles. The summed E-state index contributed by atoms with van der Waals surface area (Å²) in [7, 11) is 0. The third-order valence-corrected chi connectivity index (χ3v) is 3.95. The van der Waals surface area contributed by atoms with Crippen LogP contribution in [-0.4, -0.2) is 14.5 Å². The topological polar surface area (TPSA) is 71.6 Å². The van der Waals surface area contributed by atoms with Crippen LogP contribution in [0.1, 0.15) is 31.0 Å². The monoisotopic (exact) mass is 342 g/mol. The van der Waals surface area contributed by atoms with Crippen molar-refractivity contribution in [2.75, 3.05) is 0 Å². The molecule has 0 N–H and O–H groups in total. The predicted octanol–water partition coefficient (Wildman–Crippen LogP) is 3.57. The number of nitrogens with zero attached hydrogens (tertiary/aromatic N) is 4. The molecule has 0 aliphatic carbocycles. The third-order valence-electron chi connectivity index (χ3n) is 3.68. The van der Waals surface area contributed by atoms with Crippen LogP contribution in [0.4, 0.5) is 4.39 Å². The summed E-state index contributed by atoms with van der Waals surface area (Å²) in [6.45, 7) is 3.98. The minimum absolute atomic E-state index is 0.103. The molecule has 0 fully saturated rings. The third kappa shape index (κ3) is 2.53. The number of halogens is 2. The van der Waals surface area contributed by atoms with Crippen LogP contribution in [0.15, 0.2) is 35.1 Å². The molecular formula is C17H12ClFN4O. The molecule has 0 spiro atoms. The smallest absolute Gasteiger partial charge is 0.245 e. The maximum absolute atomic E-state index is 13.8. The number of fused-ring (bicyclic) bond motifs is 1. The van der Waals surface area contributed by atoms with Crippen LogP contribution in [0.5, 0.6) is 0 Å². The van der Waals surface area contributed by atoms with Gasteiger partial charge >= 0.3 is 5.69 Å². The zero-order valence-electron chi connectivity index (χ0n) is 12.9. The first-order valence-electron chi connectivity index (χ1n) is 7.22. The van der Waals surface area contributed by atoms with Gasteiger partial charge in [0.15, 0.2) is 22.3 Å². The lowest BCUT2D eigenvalue weighted by molar-refractivity contribution is 0.623. The van der Waals surface area contributed by atoms with Gasteiger partial charge in [-0.3, -0.25) is 0 Å². The Labute approximate surface area is 142 Å². The number of aromatic nitrogens is 3. The van der Waals surface area contributed by atoms with Crippen molar-refractivity contribution in [3.8, 4) is 11.8 Å². The Kier molecular flexibility index (Phi) is 4.04. The van der Waals surface area contributed by atoms with Gasteiger partial charge in [-0.1, -0.05) is 43.6 Å². The van der Waals surface area contributed by atoms with Crippen LogP contribution in [0, 0.1) is 17.1 Å². The lowest BCUT2D eigenvalue weighted by Crippen LogP contribution is -2.25. The summed E-state index contributed by atoms with van der Waals surface area (Å²) >= 11 is 5.79. The Morgan fingerprint density at radius 3 is 2.67 bits per heavy atom. The molecular weight excluding hydrogens is 331 g/mol. The molecule has 0 atom stereocenters. The van der Waals surface area contributed by atoms with E-state index in [1.165, 1.54) is 4.57 Å². The van der Waals surface area contributed by atoms with Gasteiger partial charge in [-0.2, -0.15) is 10.2 Å². The van der Waals surface area contributed by atoms with Crippen molar-refractivity contribution in [2.45, 2.75) is 19.8 Å². The van der Waals surface area contributed by atoms with Crippen LogP contribution in [0.2, 0.25) is 5.15 Å². The van der Waals surface area contributed by atoms with Crippen molar-refractivity contribution in [3.63, 3.8) is 0 Å². The summed E-state index contributed by atoms with van der Waals surface area (Å²) in [6.07, 6.45) is 0. The number of hydrogen-bond acceptors (Lipinski definition) is 4. The largest absolute Gasteiger partial charge is 0.355 e. The van der Waals surface area contributed by atoms with Crippen molar-refractivity contribution in [1.82, 2.24) is 14.5 Å². The molecule has 0 aliphatic rings. The van der Waals surface area contributed by atoms with Crippen molar-refractivity contribution in [1.29, 1.82) is 5.26 Å². The summed E-state index contributed by atoms with van der Waals surface area (Å²) in [5, 5.41) is 8.95. The summed E-state index contributed by atoms with van der Waals surface area (Å²) in [5.41, 5.74) is 0.731. The first-order valence-corrected chi connectivity index (χ1v) is 7.60. The van der Waals surface area contributed by atoms with E-state index in [2.05, 4.69) is 9.97 Å². The summed E-state index contributed by atoms with van der Waals surface area (Å²) in [4.78, 5) is 20.3. The van der Waals surface area contributed by atoms with Crippen LogP contribution in [0.25, 0.3) is 16.7 Å². The fraction of sp³-hybridized carbons (Fsp3) is 0.176. The number of pyridine rings is 1. The second-order valence-corrected chi connectivity index (χ2v) is 5.89. The first kappa shape index (κ1) is 16.1. The molecule has 24 heavy (non-hydrogen) atoms. The Bertz CT molecular complexity index is 1050. The van der Waals surface area contributed by atoms with Crippen LogP contribution in [-0.2, 0) is 0 Å². The highest BCUT2D eigenvalue weighted by atomic mass is 35.5. The van der Waals surface area contributed by atoms with Crippen molar-refractivity contribution in [2.24, 2.45) is 0 Å². The molecule has 7 heteroatoms. The molecule has 0 bridgehead atoms. The van der Waals surface area contributed by atoms with E-state index >= 15 is 0 Å². The maximum atomic E-state index is 13.8. The van der Waals surface area contributed by atoms with Crippen molar-refractivity contribution in [3.05, 3.63) is 63.0 Å². The van der Waals surface area contributed by atoms with E-state index in [1.54, 1.807) is 18.2 Å². The average molecular weight is 343 g/mol. The molecule has 5 nitrogen and oxygen atoms in total. The molecule has 0 radical (unpaired) electrons. The van der Waals surface area contributed by atoms with Crippen LogP contribution < -0.4 is 5.69 Å². The molecule has 0 aliphatic heterocycles. The van der Waals surface area contributed by atoms with E-state index < -0.39 is 11.5 Å². The number of benzene rings is 1. The Hall–Kier alpha value is -2.78. The fourth-order valence-electron chi connectivity index (χ4n) is 2.58. The first-order chi connectivity index (χ1) is 11.4. The maximum Gasteiger partial charge on any atom is 0.355 e. The molecule has 1 aromatic carbocycles. The van der Waals surface area contributed by atoms with E-state index in [1.807, 2.05) is 26.0 Å². The molecule has 0 unspecified atom stereocenters. The lowest BCUT2D eigenvalue weighted by Gasteiger charge is -2.16. The zero-order chi connectivity index (χ0) is 17.4. The number of nitriles is 1. The summed E-state index contributed by atoms with van der Waals surface area (Å²) in [5.74, 6) is -0.639. The minimum atomic E-state index is -0.773. The van der Waals surface area contributed by atoms with Crippen LogP contribution >= 0.6 is 11.6 Å². The lowest BCUT2D eigenvalue weighted by atomic mass is 10.0. The average Bonchev–Trinajstić information content (AvgIpc) is 2.56. The van der Waals surface area contributed by atoms with Crippen molar-refractivity contribution >= 4 is 22.6 Å². The molecule has 3 aromatic rings. The molecule has 120 valence electrons. The standard InChI is InChI=1S/C17H12ClFN4O/c1-9(2)10-5-3-4-6-14(10)23-16-11(7-12(19)15(18)22-16)13(8-20)21-17(23)24/h3-7,9H,1-2H3. The Balaban J connectivity index is 2.51. The molecule has 3 rings (SSSR count).